The van der Waals surface area contributed by atoms with Crippen molar-refractivity contribution in [1.29, 1.82) is 0 Å². The monoisotopic (exact) mass is 312 g/mol. The van der Waals surface area contributed by atoms with Gasteiger partial charge in [0.1, 0.15) is 0 Å². The van der Waals surface area contributed by atoms with Gasteiger partial charge in [0.25, 0.3) is 0 Å². The third-order valence-corrected chi connectivity index (χ3v) is 2.60. The molecule has 0 saturated heterocycles. The molecule has 1 aromatic rings. The van der Waals surface area contributed by atoms with Crippen LogP contribution >= 0.6 is 12.4 Å². The van der Waals surface area contributed by atoms with Crippen molar-refractivity contribution in [2.75, 3.05) is 13.1 Å². The van der Waals surface area contributed by atoms with E-state index in [1.54, 1.807) is 30.3 Å². The van der Waals surface area contributed by atoms with Gasteiger partial charge in [-0.3, -0.25) is 4.79 Å². The molecule has 0 spiro atoms. The van der Waals surface area contributed by atoms with Gasteiger partial charge in [-0.05, 0) is 5.56 Å². The maximum atomic E-state index is 12.1. The molecule has 114 valence electrons. The van der Waals surface area contributed by atoms with Gasteiger partial charge < -0.3 is 16.2 Å². The van der Waals surface area contributed by atoms with Crippen molar-refractivity contribution in [2.24, 2.45) is 5.73 Å². The zero-order chi connectivity index (χ0) is 14.5. The van der Waals surface area contributed by atoms with Gasteiger partial charge in [-0.2, -0.15) is 13.2 Å². The number of amides is 1. The summed E-state index contributed by atoms with van der Waals surface area (Å²) < 4.78 is 36.2. The van der Waals surface area contributed by atoms with Gasteiger partial charge in [-0.25, -0.2) is 0 Å². The van der Waals surface area contributed by atoms with Crippen molar-refractivity contribution in [2.45, 2.75) is 18.2 Å². The number of carbonyl (C=O) groups is 1. The number of alkyl halides is 3. The number of carbonyl (C=O) groups excluding carboxylic acids is 1. The zero-order valence-electron chi connectivity index (χ0n) is 10.4. The highest BCUT2D eigenvalue weighted by atomic mass is 35.5. The fourth-order valence-electron chi connectivity index (χ4n) is 1.52. The first-order chi connectivity index (χ1) is 8.86. The van der Waals surface area contributed by atoms with Crippen LogP contribution < -0.4 is 11.1 Å². The molecule has 0 bridgehead atoms. The van der Waals surface area contributed by atoms with Crippen LogP contribution in [0.5, 0.6) is 0 Å². The number of benzene rings is 1. The Hall–Kier alpha value is -1.31. The fraction of sp³-hybridized carbons (Fsp3) is 0.417. The summed E-state index contributed by atoms with van der Waals surface area (Å²) in [5.74, 6) is -1.38. The van der Waals surface area contributed by atoms with Crippen LogP contribution in [0.3, 0.4) is 0 Å². The maximum absolute atomic E-state index is 12.1. The van der Waals surface area contributed by atoms with Crippen LogP contribution in [0.15, 0.2) is 30.3 Å². The number of hydrogen-bond acceptors (Lipinski definition) is 3. The Morgan fingerprint density at radius 3 is 2.30 bits per heavy atom. The molecule has 0 heterocycles. The lowest BCUT2D eigenvalue weighted by molar-refractivity contribution is -0.201. The molecule has 0 saturated carbocycles. The second kappa shape index (κ2) is 8.08. The summed E-state index contributed by atoms with van der Waals surface area (Å²) in [4.78, 5) is 11.7. The number of hydrogen-bond donors (Lipinski definition) is 3. The quantitative estimate of drug-likeness (QED) is 0.764. The Kier molecular flexibility index (Phi) is 7.55. The topological polar surface area (TPSA) is 75.4 Å². The van der Waals surface area contributed by atoms with E-state index >= 15 is 0 Å². The van der Waals surface area contributed by atoms with E-state index < -0.39 is 30.7 Å². The summed E-state index contributed by atoms with van der Waals surface area (Å²) in [5.41, 5.74) is 6.07. The molecule has 1 rings (SSSR count). The maximum Gasteiger partial charge on any atom is 0.416 e. The minimum atomic E-state index is -4.75. The van der Waals surface area contributed by atoms with Crippen LogP contribution in [0.2, 0.25) is 0 Å². The number of halogens is 4. The van der Waals surface area contributed by atoms with Crippen molar-refractivity contribution in [3.8, 4) is 0 Å². The standard InChI is InChI=1S/C12H15F3N2O2.ClH/c13-12(14,15)10(18)7-17-11(19)9(6-16)8-4-2-1-3-5-8;/h1-5,9-10,18H,6-7,16H2,(H,17,19);1H. The molecular formula is C12H16ClF3N2O2. The molecule has 20 heavy (non-hydrogen) atoms. The van der Waals surface area contributed by atoms with Crippen molar-refractivity contribution in [3.63, 3.8) is 0 Å². The molecule has 2 unspecified atom stereocenters. The van der Waals surface area contributed by atoms with Crippen LogP contribution in [-0.4, -0.2) is 36.4 Å². The number of nitrogens with one attached hydrogen (secondary N) is 1. The largest absolute Gasteiger partial charge is 0.416 e. The Bertz CT molecular complexity index is 415. The SMILES string of the molecule is Cl.NCC(C(=O)NCC(O)C(F)(F)F)c1ccccc1. The lowest BCUT2D eigenvalue weighted by atomic mass is 9.98. The van der Waals surface area contributed by atoms with E-state index in [0.29, 0.717) is 5.56 Å². The van der Waals surface area contributed by atoms with E-state index in [9.17, 15) is 18.0 Å². The van der Waals surface area contributed by atoms with E-state index in [-0.39, 0.29) is 19.0 Å². The van der Waals surface area contributed by atoms with E-state index in [2.05, 4.69) is 0 Å². The molecule has 1 amide bonds. The van der Waals surface area contributed by atoms with Gasteiger partial charge in [-0.15, -0.1) is 12.4 Å². The van der Waals surface area contributed by atoms with Gasteiger partial charge in [0, 0.05) is 6.54 Å². The minimum absolute atomic E-state index is 0. The molecule has 8 heteroatoms. The smallest absolute Gasteiger partial charge is 0.382 e. The zero-order valence-corrected chi connectivity index (χ0v) is 11.2. The van der Waals surface area contributed by atoms with E-state index in [1.807, 2.05) is 5.32 Å². The average Bonchev–Trinajstić information content (AvgIpc) is 2.37. The molecule has 4 nitrogen and oxygen atoms in total. The van der Waals surface area contributed by atoms with E-state index in [4.69, 9.17) is 10.8 Å². The van der Waals surface area contributed by atoms with Crippen LogP contribution in [0.4, 0.5) is 13.2 Å². The average molecular weight is 313 g/mol. The molecular weight excluding hydrogens is 297 g/mol. The highest BCUT2D eigenvalue weighted by Gasteiger charge is 2.38. The number of aliphatic hydroxyl groups excluding tert-OH is 1. The Morgan fingerprint density at radius 2 is 1.85 bits per heavy atom. The van der Waals surface area contributed by atoms with Gasteiger partial charge in [0.05, 0.1) is 12.5 Å². The lowest BCUT2D eigenvalue weighted by Gasteiger charge is -2.18. The Labute approximate surface area is 120 Å². The molecule has 0 aliphatic carbocycles. The molecule has 0 aliphatic rings. The van der Waals surface area contributed by atoms with Crippen LogP contribution in [0.25, 0.3) is 0 Å². The van der Waals surface area contributed by atoms with Crippen molar-refractivity contribution >= 4 is 18.3 Å². The molecule has 2 atom stereocenters. The molecule has 0 fully saturated rings. The van der Waals surface area contributed by atoms with Crippen LogP contribution in [0, 0.1) is 0 Å². The van der Waals surface area contributed by atoms with Crippen LogP contribution in [-0.2, 0) is 4.79 Å². The Morgan fingerprint density at radius 1 is 1.30 bits per heavy atom. The molecule has 0 radical (unpaired) electrons. The first-order valence-electron chi connectivity index (χ1n) is 5.63. The predicted octanol–water partition coefficient (Wildman–Crippen LogP) is 1.19. The summed E-state index contributed by atoms with van der Waals surface area (Å²) >= 11 is 0. The molecule has 1 aromatic carbocycles. The second-order valence-electron chi connectivity index (χ2n) is 4.00. The number of rotatable bonds is 5. The molecule has 4 N–H and O–H groups in total. The minimum Gasteiger partial charge on any atom is -0.382 e. The van der Waals surface area contributed by atoms with E-state index in [0.717, 1.165) is 0 Å². The number of aliphatic hydroxyl groups is 1. The Balaban J connectivity index is 0.00000361. The van der Waals surface area contributed by atoms with Gasteiger partial charge in [-0.1, -0.05) is 30.3 Å². The van der Waals surface area contributed by atoms with Crippen LogP contribution in [0.1, 0.15) is 11.5 Å². The third kappa shape index (κ3) is 5.36. The van der Waals surface area contributed by atoms with Crippen molar-refractivity contribution in [3.05, 3.63) is 35.9 Å². The van der Waals surface area contributed by atoms with E-state index in [1.165, 1.54) is 0 Å². The molecule has 0 aliphatic heterocycles. The summed E-state index contributed by atoms with van der Waals surface area (Å²) in [6.45, 7) is -0.913. The normalized spacial score (nSPS) is 14.1. The van der Waals surface area contributed by atoms with Crippen molar-refractivity contribution in [1.82, 2.24) is 5.32 Å². The first-order valence-corrected chi connectivity index (χ1v) is 5.63. The highest BCUT2D eigenvalue weighted by Crippen LogP contribution is 2.20. The summed E-state index contributed by atoms with van der Waals surface area (Å²) in [6.07, 6.45) is -7.33. The predicted molar refractivity (Wildman–Crippen MR) is 70.6 cm³/mol. The summed E-state index contributed by atoms with van der Waals surface area (Å²) in [5, 5.41) is 10.8. The summed E-state index contributed by atoms with van der Waals surface area (Å²) in [7, 11) is 0. The highest BCUT2D eigenvalue weighted by molar-refractivity contribution is 5.85. The fourth-order valence-corrected chi connectivity index (χ4v) is 1.52. The number of nitrogens with two attached hydrogens (primary N) is 1. The van der Waals surface area contributed by atoms with Gasteiger partial charge >= 0.3 is 6.18 Å². The summed E-state index contributed by atoms with van der Waals surface area (Å²) in [6, 6.07) is 8.49. The second-order valence-corrected chi connectivity index (χ2v) is 4.00. The lowest BCUT2D eigenvalue weighted by Crippen LogP contribution is -2.43. The first kappa shape index (κ1) is 18.7. The third-order valence-electron chi connectivity index (χ3n) is 2.60. The van der Waals surface area contributed by atoms with Gasteiger partial charge in [0.2, 0.25) is 5.91 Å². The van der Waals surface area contributed by atoms with Crippen molar-refractivity contribution < 1.29 is 23.1 Å². The van der Waals surface area contributed by atoms with Gasteiger partial charge in [0.15, 0.2) is 6.10 Å². The molecule has 0 aromatic heterocycles.